The van der Waals surface area contributed by atoms with Gasteiger partial charge in [0.15, 0.2) is 0 Å². The van der Waals surface area contributed by atoms with Crippen molar-refractivity contribution in [2.24, 2.45) is 0 Å². The summed E-state index contributed by atoms with van der Waals surface area (Å²) < 4.78 is 3.75. The van der Waals surface area contributed by atoms with Crippen molar-refractivity contribution in [1.29, 1.82) is 0 Å². The Kier molecular flexibility index (Phi) is 4.67. The Morgan fingerprint density at radius 2 is 1.65 bits per heavy atom. The van der Waals surface area contributed by atoms with Gasteiger partial charge in [-0.15, -0.1) is 0 Å². The molecule has 5 nitrogen and oxygen atoms in total. The van der Waals surface area contributed by atoms with Crippen molar-refractivity contribution >= 4 is 45.0 Å². The fourth-order valence-corrected chi connectivity index (χ4v) is 4.55. The molecule has 0 unspecified atom stereocenters. The molecule has 2 aromatic heterocycles. The summed E-state index contributed by atoms with van der Waals surface area (Å²) in [4.78, 5) is 21.9. The Bertz CT molecular complexity index is 1090. The highest BCUT2D eigenvalue weighted by atomic mass is 32.2. The molecule has 0 radical (unpaired) electrons. The maximum absolute atomic E-state index is 12.5. The smallest absolute Gasteiger partial charge is 0.267 e. The first kappa shape index (κ1) is 17.1. The first-order valence-electron chi connectivity index (χ1n) is 8.03. The third kappa shape index (κ3) is 3.21. The van der Waals surface area contributed by atoms with E-state index in [4.69, 9.17) is 4.98 Å². The molecule has 7 heteroatoms. The van der Waals surface area contributed by atoms with Crippen LogP contribution in [0.2, 0.25) is 0 Å². The fraction of sp³-hybridized carbons (Fsp3) is 0.105. The Labute approximate surface area is 159 Å². The molecule has 2 heterocycles. The number of carbonyl (C=O) groups is 1. The first-order valence-corrected chi connectivity index (χ1v) is 9.62. The molecule has 0 aliphatic carbocycles. The third-order valence-electron chi connectivity index (χ3n) is 3.76. The van der Waals surface area contributed by atoms with Gasteiger partial charge in [-0.05, 0) is 38.0 Å². The van der Waals surface area contributed by atoms with E-state index in [9.17, 15) is 4.79 Å². The predicted molar refractivity (Wildman–Crippen MR) is 108 cm³/mol. The summed E-state index contributed by atoms with van der Waals surface area (Å²) >= 11 is 2.36. The molecule has 130 valence electrons. The number of imidazole rings is 2. The Balaban J connectivity index is 1.95. The van der Waals surface area contributed by atoms with Gasteiger partial charge in [0.25, 0.3) is 4.45 Å². The van der Waals surface area contributed by atoms with Crippen LogP contribution in [-0.4, -0.2) is 37.2 Å². The molecule has 0 saturated heterocycles. The lowest BCUT2D eigenvalue weighted by Gasteiger charge is -2.07. The summed E-state index contributed by atoms with van der Waals surface area (Å²) in [5, 5.41) is 0.791. The number of thioether (sulfide) groups is 1. The maximum atomic E-state index is 12.5. The molecule has 4 aromatic rings. The van der Waals surface area contributed by atoms with Gasteiger partial charge in [0.1, 0.15) is 10.7 Å². The number of nitrogens with zero attached hydrogens (tertiary/aromatic N) is 4. The average Bonchev–Trinajstić information content (AvgIpc) is 3.02. The molecule has 4 rings (SSSR count). The van der Waals surface area contributed by atoms with E-state index in [1.54, 1.807) is 4.31 Å². The Hall–Kier alpha value is -2.35. The van der Waals surface area contributed by atoms with E-state index in [-0.39, 0.29) is 4.45 Å². The van der Waals surface area contributed by atoms with Gasteiger partial charge in [-0.25, -0.2) is 14.3 Å². The zero-order chi connectivity index (χ0) is 18.1. The molecule has 0 amide bonds. The number of aromatic nitrogens is 3. The lowest BCUT2D eigenvalue weighted by atomic mass is 10.2. The van der Waals surface area contributed by atoms with E-state index in [1.165, 1.54) is 23.7 Å². The monoisotopic (exact) mass is 380 g/mol. The summed E-state index contributed by atoms with van der Waals surface area (Å²) in [7, 11) is 3.71. The minimum Gasteiger partial charge on any atom is -0.273 e. The molecule has 0 aliphatic rings. The second kappa shape index (κ2) is 7.11. The predicted octanol–water partition coefficient (Wildman–Crippen LogP) is 4.97. The highest BCUT2D eigenvalue weighted by Gasteiger charge is 2.22. The zero-order valence-corrected chi connectivity index (χ0v) is 15.9. The van der Waals surface area contributed by atoms with Crippen molar-refractivity contribution in [3.63, 3.8) is 0 Å². The van der Waals surface area contributed by atoms with Gasteiger partial charge in [0, 0.05) is 17.5 Å². The van der Waals surface area contributed by atoms with E-state index in [0.717, 1.165) is 27.3 Å². The molecule has 0 fully saturated rings. The molecule has 0 atom stereocenters. The van der Waals surface area contributed by atoms with Gasteiger partial charge < -0.3 is 0 Å². The molecular formula is C19H16N4OS2. The van der Waals surface area contributed by atoms with Gasteiger partial charge >= 0.3 is 0 Å². The lowest BCUT2D eigenvalue weighted by Crippen LogP contribution is -2.02. The standard InChI is InChI=1S/C19H16N4OS2/c1-22(2)26-19(24)25-17-16(13-9-5-3-6-10-13)21-18-20-14-11-7-4-8-12-15(14)23(17)18/h3-12H,1-2H3. The van der Waals surface area contributed by atoms with Crippen LogP contribution in [0, 0.1) is 0 Å². The zero-order valence-electron chi connectivity index (χ0n) is 14.3. The van der Waals surface area contributed by atoms with Crippen molar-refractivity contribution in [2.75, 3.05) is 14.1 Å². The number of rotatable bonds is 3. The molecule has 0 N–H and O–H groups in total. The maximum Gasteiger partial charge on any atom is 0.267 e. The van der Waals surface area contributed by atoms with Crippen molar-refractivity contribution in [2.45, 2.75) is 5.03 Å². The van der Waals surface area contributed by atoms with Gasteiger partial charge in [0.05, 0.1) is 11.0 Å². The van der Waals surface area contributed by atoms with Crippen molar-refractivity contribution in [1.82, 2.24) is 18.7 Å². The van der Waals surface area contributed by atoms with Crippen molar-refractivity contribution in [3.8, 4) is 11.3 Å². The quantitative estimate of drug-likeness (QED) is 0.369. The van der Waals surface area contributed by atoms with Gasteiger partial charge in [-0.2, -0.15) is 0 Å². The minimum atomic E-state index is -0.0105. The summed E-state index contributed by atoms with van der Waals surface area (Å²) in [6, 6.07) is 19.7. The summed E-state index contributed by atoms with van der Waals surface area (Å²) in [6.45, 7) is 0. The number of hydrogen-bond donors (Lipinski definition) is 0. The molecule has 0 saturated carbocycles. The molecule has 0 spiro atoms. The SMILES string of the molecule is CN(C)SC(=O)Sc1c(-c2ccccc2)nc2nc3cccccc3n12. The minimum absolute atomic E-state index is 0.0105. The lowest BCUT2D eigenvalue weighted by molar-refractivity contribution is 0.276. The second-order valence-electron chi connectivity index (χ2n) is 5.82. The Morgan fingerprint density at radius 1 is 0.962 bits per heavy atom. The van der Waals surface area contributed by atoms with Crippen molar-refractivity contribution < 1.29 is 4.79 Å². The molecule has 0 aliphatic heterocycles. The molecular weight excluding hydrogens is 364 g/mol. The molecule has 26 heavy (non-hydrogen) atoms. The number of hydrogen-bond acceptors (Lipinski definition) is 6. The van der Waals surface area contributed by atoms with E-state index in [1.807, 2.05) is 79.2 Å². The fourth-order valence-electron chi connectivity index (χ4n) is 2.73. The summed E-state index contributed by atoms with van der Waals surface area (Å²) in [5.74, 6) is 0.607. The van der Waals surface area contributed by atoms with Crippen LogP contribution in [0.4, 0.5) is 4.79 Å². The van der Waals surface area contributed by atoms with Gasteiger partial charge in [0.2, 0.25) is 5.78 Å². The van der Waals surface area contributed by atoms with Gasteiger partial charge in [-0.1, -0.05) is 48.5 Å². The first-order chi connectivity index (χ1) is 12.6. The summed E-state index contributed by atoms with van der Waals surface area (Å²) in [5.41, 5.74) is 3.53. The van der Waals surface area contributed by atoms with Crippen molar-refractivity contribution in [3.05, 3.63) is 60.7 Å². The van der Waals surface area contributed by atoms with E-state index in [2.05, 4.69) is 4.98 Å². The van der Waals surface area contributed by atoms with Crippen LogP contribution in [0.1, 0.15) is 0 Å². The van der Waals surface area contributed by atoms with Crippen LogP contribution in [0.25, 0.3) is 28.1 Å². The van der Waals surface area contributed by atoms with E-state index < -0.39 is 0 Å². The van der Waals surface area contributed by atoms with Gasteiger partial charge in [-0.3, -0.25) is 9.20 Å². The van der Waals surface area contributed by atoms with Crippen LogP contribution in [-0.2, 0) is 0 Å². The summed E-state index contributed by atoms with van der Waals surface area (Å²) in [6.07, 6.45) is 0. The Morgan fingerprint density at radius 3 is 2.38 bits per heavy atom. The van der Waals surface area contributed by atoms with Crippen LogP contribution in [0.3, 0.4) is 0 Å². The average molecular weight is 380 g/mol. The van der Waals surface area contributed by atoms with Crippen LogP contribution in [0.15, 0.2) is 65.7 Å². The topological polar surface area (TPSA) is 50.5 Å². The second-order valence-corrected chi connectivity index (χ2v) is 8.32. The third-order valence-corrected chi connectivity index (χ3v) is 5.48. The molecule has 2 aromatic carbocycles. The highest BCUT2D eigenvalue weighted by Crippen LogP contribution is 2.37. The van der Waals surface area contributed by atoms with Crippen LogP contribution >= 0.6 is 23.7 Å². The van der Waals surface area contributed by atoms with Crippen LogP contribution in [0.5, 0.6) is 0 Å². The largest absolute Gasteiger partial charge is 0.273 e. The number of carbonyl (C=O) groups excluding carboxylic acids is 1. The van der Waals surface area contributed by atoms with E-state index in [0.29, 0.717) is 5.78 Å². The number of fused-ring (bicyclic) bond motifs is 3. The highest BCUT2D eigenvalue weighted by molar-refractivity contribution is 8.37. The molecule has 0 bridgehead atoms. The van der Waals surface area contributed by atoms with E-state index >= 15 is 0 Å². The van der Waals surface area contributed by atoms with Crippen LogP contribution < -0.4 is 0 Å². The number of benzene rings is 1. The normalized spacial score (nSPS) is 11.5.